The van der Waals surface area contributed by atoms with Crippen LogP contribution in [0.3, 0.4) is 0 Å². The number of halogens is 2. The quantitative estimate of drug-likeness (QED) is 0.628. The maximum absolute atomic E-state index is 12.1. The van der Waals surface area contributed by atoms with E-state index in [1.807, 2.05) is 0 Å². The lowest BCUT2D eigenvalue weighted by Crippen LogP contribution is -2.33. The van der Waals surface area contributed by atoms with Gasteiger partial charge in [0, 0.05) is 5.02 Å². The maximum atomic E-state index is 12.1. The molecule has 0 bridgehead atoms. The minimum atomic E-state index is -0.927. The first-order chi connectivity index (χ1) is 12.6. The Kier molecular flexibility index (Phi) is 6.24. The zero-order valence-corrected chi connectivity index (χ0v) is 15.8. The van der Waals surface area contributed by atoms with Crippen LogP contribution in [-0.4, -0.2) is 30.0 Å². The van der Waals surface area contributed by atoms with E-state index < -0.39 is 30.0 Å². The van der Waals surface area contributed by atoms with Crippen LogP contribution < -0.4 is 16.4 Å². The van der Waals surface area contributed by atoms with Gasteiger partial charge in [0.15, 0.2) is 5.78 Å². The fourth-order valence-electron chi connectivity index (χ4n) is 2.39. The topological polar surface area (TPSA) is 132 Å². The lowest BCUT2D eigenvalue weighted by molar-refractivity contribution is -0.115. The van der Waals surface area contributed by atoms with E-state index >= 15 is 0 Å². The molecule has 0 saturated carbocycles. The highest BCUT2D eigenvalue weighted by Crippen LogP contribution is 2.27. The molecule has 0 spiro atoms. The van der Waals surface area contributed by atoms with E-state index in [0.717, 1.165) is 0 Å². The largest absolute Gasteiger partial charge is 0.444 e. The van der Waals surface area contributed by atoms with Crippen LogP contribution in [0.1, 0.15) is 43.8 Å². The minimum absolute atomic E-state index is 0.00483. The summed E-state index contributed by atoms with van der Waals surface area (Å²) in [6.07, 6.45) is 0. The molecule has 0 aliphatic rings. The minimum Gasteiger partial charge on any atom is -0.444 e. The number of benzene rings is 1. The predicted molar refractivity (Wildman–Crippen MR) is 99.4 cm³/mol. The number of nitrogens with one attached hydrogen (secondary N) is 2. The van der Waals surface area contributed by atoms with Gasteiger partial charge in [-0.05, 0) is 32.0 Å². The lowest BCUT2D eigenvalue weighted by atomic mass is 10.1. The fraction of sp³-hybridized carbons (Fsp3) is 0.176. The van der Waals surface area contributed by atoms with E-state index in [1.165, 1.54) is 32.0 Å². The van der Waals surface area contributed by atoms with Crippen LogP contribution in [0.4, 0.5) is 5.88 Å². The second-order valence-corrected chi connectivity index (χ2v) is 6.36. The highest BCUT2D eigenvalue weighted by Gasteiger charge is 2.26. The van der Waals surface area contributed by atoms with Gasteiger partial charge < -0.3 is 15.5 Å². The third kappa shape index (κ3) is 4.66. The number of carbonyl (C=O) groups excluding carboxylic acids is 4. The van der Waals surface area contributed by atoms with Crippen molar-refractivity contribution in [3.05, 3.63) is 50.7 Å². The first-order valence-electron chi connectivity index (χ1n) is 7.59. The average Bonchev–Trinajstić information content (AvgIpc) is 2.89. The summed E-state index contributed by atoms with van der Waals surface area (Å²) in [5.74, 6) is -2.76. The van der Waals surface area contributed by atoms with E-state index in [0.29, 0.717) is 5.02 Å². The van der Waals surface area contributed by atoms with Crippen LogP contribution in [-0.2, 0) is 4.79 Å². The molecule has 1 heterocycles. The Morgan fingerprint density at radius 1 is 1.15 bits per heavy atom. The molecule has 0 saturated heterocycles. The smallest absolute Gasteiger partial charge is 0.255 e. The number of hydrogen-bond acceptors (Lipinski definition) is 5. The number of furan rings is 1. The van der Waals surface area contributed by atoms with Crippen molar-refractivity contribution in [3.63, 3.8) is 0 Å². The van der Waals surface area contributed by atoms with Crippen molar-refractivity contribution in [2.24, 2.45) is 5.73 Å². The summed E-state index contributed by atoms with van der Waals surface area (Å²) in [5, 5.41) is 5.17. The molecule has 0 fully saturated rings. The Bertz CT molecular complexity index is 952. The first kappa shape index (κ1) is 20.5. The Morgan fingerprint density at radius 2 is 1.81 bits per heavy atom. The molecule has 1 aromatic heterocycles. The monoisotopic (exact) mass is 411 g/mol. The molecule has 0 radical (unpaired) electrons. The van der Waals surface area contributed by atoms with E-state index in [-0.39, 0.29) is 33.4 Å². The van der Waals surface area contributed by atoms with Crippen molar-refractivity contribution in [1.82, 2.24) is 5.32 Å². The van der Waals surface area contributed by atoms with E-state index in [1.54, 1.807) is 0 Å². The van der Waals surface area contributed by atoms with Gasteiger partial charge in [-0.25, -0.2) is 0 Å². The molecule has 142 valence electrons. The Balaban J connectivity index is 2.10. The molecule has 0 aliphatic carbocycles. The lowest BCUT2D eigenvalue weighted by Gasteiger charge is -2.07. The number of Topliss-reactive ketones (excluding diaryl/α,β-unsaturated/α-hetero) is 1. The molecule has 0 unspecified atom stereocenters. The maximum Gasteiger partial charge on any atom is 0.255 e. The average molecular weight is 412 g/mol. The van der Waals surface area contributed by atoms with Crippen molar-refractivity contribution in [2.75, 3.05) is 11.9 Å². The number of hydrogen-bond donors (Lipinski definition) is 3. The van der Waals surface area contributed by atoms with Crippen LogP contribution in [0.2, 0.25) is 10.0 Å². The van der Waals surface area contributed by atoms with Crippen LogP contribution >= 0.6 is 23.2 Å². The second-order valence-electron chi connectivity index (χ2n) is 5.51. The van der Waals surface area contributed by atoms with E-state index in [9.17, 15) is 19.2 Å². The van der Waals surface area contributed by atoms with Gasteiger partial charge in [-0.15, -0.1) is 0 Å². The Hall–Kier alpha value is -2.84. The van der Waals surface area contributed by atoms with Crippen molar-refractivity contribution in [2.45, 2.75) is 13.8 Å². The normalized spacial score (nSPS) is 10.4. The number of carbonyl (C=O) groups is 4. The fourth-order valence-corrected chi connectivity index (χ4v) is 2.89. The molecule has 4 N–H and O–H groups in total. The van der Waals surface area contributed by atoms with Crippen LogP contribution in [0, 0.1) is 6.92 Å². The van der Waals surface area contributed by atoms with Crippen LogP contribution in [0.5, 0.6) is 0 Å². The van der Waals surface area contributed by atoms with Gasteiger partial charge in [0.25, 0.3) is 11.8 Å². The predicted octanol–water partition coefficient (Wildman–Crippen LogP) is 2.56. The molecule has 8 nitrogen and oxygen atoms in total. The van der Waals surface area contributed by atoms with E-state index in [2.05, 4.69) is 10.6 Å². The number of amides is 3. The number of ketones is 1. The summed E-state index contributed by atoms with van der Waals surface area (Å²) in [6, 6.07) is 4.29. The zero-order chi connectivity index (χ0) is 20.3. The summed E-state index contributed by atoms with van der Waals surface area (Å²) in [6.45, 7) is 2.26. The molecule has 2 rings (SSSR count). The molecular formula is C17H15Cl2N3O5. The number of primary amides is 1. The molecule has 27 heavy (non-hydrogen) atoms. The van der Waals surface area contributed by atoms with E-state index in [4.69, 9.17) is 33.4 Å². The number of rotatable bonds is 6. The third-order valence-corrected chi connectivity index (χ3v) is 4.07. The van der Waals surface area contributed by atoms with Crippen molar-refractivity contribution in [3.8, 4) is 0 Å². The second kappa shape index (κ2) is 8.24. The Morgan fingerprint density at radius 3 is 2.37 bits per heavy atom. The molecule has 0 aliphatic heterocycles. The van der Waals surface area contributed by atoms with Gasteiger partial charge in [0.2, 0.25) is 11.8 Å². The highest BCUT2D eigenvalue weighted by atomic mass is 35.5. The van der Waals surface area contributed by atoms with Gasteiger partial charge in [0.1, 0.15) is 11.3 Å². The molecule has 2 aromatic rings. The van der Waals surface area contributed by atoms with Gasteiger partial charge in [0.05, 0.1) is 22.7 Å². The van der Waals surface area contributed by atoms with Crippen LogP contribution in [0.15, 0.2) is 22.6 Å². The van der Waals surface area contributed by atoms with Crippen LogP contribution in [0.25, 0.3) is 0 Å². The molecule has 0 atom stereocenters. The number of aryl methyl sites for hydroxylation is 1. The SMILES string of the molecule is CC(=O)c1c(C)oc(NC(=O)CNC(=O)c2ccc(Cl)cc2Cl)c1C(N)=O. The first-order valence-corrected chi connectivity index (χ1v) is 8.34. The molecule has 1 aromatic carbocycles. The summed E-state index contributed by atoms with van der Waals surface area (Å²) < 4.78 is 5.26. The molecule has 10 heteroatoms. The number of anilines is 1. The van der Waals surface area contributed by atoms with Crippen molar-refractivity contribution >= 4 is 52.6 Å². The summed E-state index contributed by atoms with van der Waals surface area (Å²) in [7, 11) is 0. The van der Waals surface area contributed by atoms with Gasteiger partial charge >= 0.3 is 0 Å². The van der Waals surface area contributed by atoms with Gasteiger partial charge in [-0.2, -0.15) is 0 Å². The summed E-state index contributed by atoms with van der Waals surface area (Å²) in [5.41, 5.74) is 5.18. The van der Waals surface area contributed by atoms with Crippen molar-refractivity contribution in [1.29, 1.82) is 0 Å². The van der Waals surface area contributed by atoms with Gasteiger partial charge in [-0.1, -0.05) is 23.2 Å². The number of nitrogens with two attached hydrogens (primary N) is 1. The summed E-state index contributed by atoms with van der Waals surface area (Å²) in [4.78, 5) is 47.5. The molecular weight excluding hydrogens is 397 g/mol. The highest BCUT2D eigenvalue weighted by molar-refractivity contribution is 6.36. The van der Waals surface area contributed by atoms with Gasteiger partial charge in [-0.3, -0.25) is 24.5 Å². The Labute approximate surface area is 164 Å². The zero-order valence-electron chi connectivity index (χ0n) is 14.3. The summed E-state index contributed by atoms with van der Waals surface area (Å²) >= 11 is 11.7. The third-order valence-electron chi connectivity index (χ3n) is 3.52. The van der Waals surface area contributed by atoms with Crippen molar-refractivity contribution < 1.29 is 23.6 Å². The molecule has 3 amide bonds. The standard InChI is InChI=1S/C17H15Cl2N3O5/c1-7(23)13-8(2)27-17(14(13)15(20)25)22-12(24)6-21-16(26)10-4-3-9(18)5-11(10)19/h3-5H,6H2,1-2H3,(H2,20,25)(H,21,26)(H,22,24).